The van der Waals surface area contributed by atoms with Crippen molar-refractivity contribution in [1.82, 2.24) is 10.2 Å². The molecule has 2 rings (SSSR count). The molecule has 1 atom stereocenters. The molecule has 0 bridgehead atoms. The molecule has 0 amide bonds. The molecule has 1 heterocycles. The van der Waals surface area contributed by atoms with Crippen molar-refractivity contribution in [3.8, 4) is 0 Å². The maximum atomic E-state index is 3.72. The average Bonchev–Trinajstić information content (AvgIpc) is 2.24. The van der Waals surface area contributed by atoms with Crippen LogP contribution >= 0.6 is 0 Å². The molecule has 1 unspecified atom stereocenters. The molecule has 1 saturated heterocycles. The topological polar surface area (TPSA) is 15.3 Å². The first kappa shape index (κ1) is 16.3. The first-order chi connectivity index (χ1) is 9.17. The molecule has 0 aromatic carbocycles. The summed E-state index contributed by atoms with van der Waals surface area (Å²) < 4.78 is 0. The van der Waals surface area contributed by atoms with Gasteiger partial charge >= 0.3 is 0 Å². The predicted octanol–water partition coefficient (Wildman–Crippen LogP) is 3.91. The van der Waals surface area contributed by atoms with Gasteiger partial charge in [0.05, 0.1) is 0 Å². The second-order valence-electron chi connectivity index (χ2n) is 9.34. The Morgan fingerprint density at radius 1 is 1.10 bits per heavy atom. The van der Waals surface area contributed by atoms with Gasteiger partial charge in [0.25, 0.3) is 0 Å². The molecule has 0 spiro atoms. The number of hydrogen-bond donors (Lipinski definition) is 1. The van der Waals surface area contributed by atoms with Gasteiger partial charge in [-0.2, -0.15) is 0 Å². The highest BCUT2D eigenvalue weighted by atomic mass is 15.2. The van der Waals surface area contributed by atoms with Crippen LogP contribution in [0.25, 0.3) is 0 Å². The van der Waals surface area contributed by atoms with E-state index in [2.05, 4.69) is 51.8 Å². The van der Waals surface area contributed by atoms with Crippen molar-refractivity contribution < 1.29 is 0 Å². The number of nitrogens with zero attached hydrogens (tertiary/aromatic N) is 1. The molecule has 2 fully saturated rings. The van der Waals surface area contributed by atoms with Crippen LogP contribution in [0.1, 0.15) is 67.2 Å². The molecule has 2 nitrogen and oxygen atoms in total. The Hall–Kier alpha value is -0.0800. The van der Waals surface area contributed by atoms with Crippen LogP contribution in [0.2, 0.25) is 0 Å². The predicted molar refractivity (Wildman–Crippen MR) is 88.0 cm³/mol. The van der Waals surface area contributed by atoms with Crippen molar-refractivity contribution in [1.29, 1.82) is 0 Å². The van der Waals surface area contributed by atoms with Gasteiger partial charge in [0, 0.05) is 31.7 Å². The van der Waals surface area contributed by atoms with Crippen LogP contribution in [0.3, 0.4) is 0 Å². The molecule has 0 aromatic heterocycles. The quantitative estimate of drug-likeness (QED) is 0.843. The van der Waals surface area contributed by atoms with Crippen LogP contribution in [0.4, 0.5) is 0 Å². The summed E-state index contributed by atoms with van der Waals surface area (Å²) in [6.45, 7) is 18.2. The van der Waals surface area contributed by atoms with Gasteiger partial charge < -0.3 is 5.32 Å². The highest BCUT2D eigenvalue weighted by Gasteiger charge is 2.41. The lowest BCUT2D eigenvalue weighted by Crippen LogP contribution is -2.56. The summed E-state index contributed by atoms with van der Waals surface area (Å²) in [5, 5.41) is 3.72. The van der Waals surface area contributed by atoms with Crippen molar-refractivity contribution in [2.45, 2.75) is 79.3 Å². The molecule has 2 heteroatoms. The van der Waals surface area contributed by atoms with E-state index in [-0.39, 0.29) is 0 Å². The van der Waals surface area contributed by atoms with Crippen molar-refractivity contribution in [3.63, 3.8) is 0 Å². The van der Waals surface area contributed by atoms with E-state index in [0.717, 1.165) is 12.0 Å². The maximum Gasteiger partial charge on any atom is 0.0198 e. The minimum absolute atomic E-state index is 0.505. The first-order valence-corrected chi connectivity index (χ1v) is 8.64. The van der Waals surface area contributed by atoms with Crippen molar-refractivity contribution in [3.05, 3.63) is 0 Å². The largest absolute Gasteiger partial charge is 0.311 e. The maximum absolute atomic E-state index is 3.72. The summed E-state index contributed by atoms with van der Waals surface area (Å²) in [6.07, 6.45) is 5.45. The first-order valence-electron chi connectivity index (χ1n) is 8.64. The van der Waals surface area contributed by atoms with E-state index in [1.165, 1.54) is 45.3 Å². The summed E-state index contributed by atoms with van der Waals surface area (Å²) in [4.78, 5) is 2.80. The van der Waals surface area contributed by atoms with Gasteiger partial charge in [-0.15, -0.1) is 0 Å². The number of hydrogen-bond acceptors (Lipinski definition) is 2. The molecular formula is C18H36N2. The minimum atomic E-state index is 0.505. The Morgan fingerprint density at radius 3 is 2.25 bits per heavy atom. The molecule has 2 aliphatic rings. The Morgan fingerprint density at radius 2 is 1.70 bits per heavy atom. The van der Waals surface area contributed by atoms with Gasteiger partial charge in [-0.05, 0) is 42.4 Å². The van der Waals surface area contributed by atoms with Gasteiger partial charge in [-0.3, -0.25) is 4.90 Å². The number of nitrogens with one attached hydrogen (secondary N) is 1. The summed E-state index contributed by atoms with van der Waals surface area (Å²) in [5.74, 6) is 0.798. The van der Waals surface area contributed by atoms with E-state index < -0.39 is 0 Å². The highest BCUT2D eigenvalue weighted by molar-refractivity contribution is 4.95. The van der Waals surface area contributed by atoms with Gasteiger partial charge in [0.15, 0.2) is 0 Å². The lowest BCUT2D eigenvalue weighted by molar-refractivity contribution is 0.0108. The van der Waals surface area contributed by atoms with E-state index in [0.29, 0.717) is 16.9 Å². The minimum Gasteiger partial charge on any atom is -0.311 e. The Labute approximate surface area is 126 Å². The molecule has 0 radical (unpaired) electrons. The van der Waals surface area contributed by atoms with E-state index >= 15 is 0 Å². The van der Waals surface area contributed by atoms with Gasteiger partial charge in [0.2, 0.25) is 0 Å². The molecular weight excluding hydrogens is 244 g/mol. The van der Waals surface area contributed by atoms with Crippen LogP contribution in [-0.2, 0) is 0 Å². The fourth-order valence-corrected chi connectivity index (χ4v) is 4.96. The lowest BCUT2D eigenvalue weighted by atomic mass is 9.63. The van der Waals surface area contributed by atoms with Crippen molar-refractivity contribution >= 4 is 0 Å². The molecule has 1 saturated carbocycles. The number of rotatable bonds is 3. The summed E-state index contributed by atoms with van der Waals surface area (Å²) in [7, 11) is 0. The van der Waals surface area contributed by atoms with Crippen molar-refractivity contribution in [2.24, 2.45) is 16.7 Å². The fourth-order valence-electron chi connectivity index (χ4n) is 4.96. The van der Waals surface area contributed by atoms with Crippen LogP contribution in [-0.4, -0.2) is 36.6 Å². The molecule has 1 aliphatic heterocycles. The zero-order valence-electron chi connectivity index (χ0n) is 14.6. The van der Waals surface area contributed by atoms with Crippen LogP contribution in [0.15, 0.2) is 0 Å². The zero-order valence-corrected chi connectivity index (χ0v) is 14.6. The average molecular weight is 280 g/mol. The van der Waals surface area contributed by atoms with Gasteiger partial charge in [0.1, 0.15) is 0 Å². The van der Waals surface area contributed by atoms with Crippen LogP contribution in [0, 0.1) is 16.7 Å². The lowest BCUT2D eigenvalue weighted by Gasteiger charge is -2.50. The molecule has 1 N–H and O–H groups in total. The Balaban J connectivity index is 1.99. The van der Waals surface area contributed by atoms with Gasteiger partial charge in [-0.25, -0.2) is 0 Å². The third-order valence-corrected chi connectivity index (χ3v) is 5.09. The van der Waals surface area contributed by atoms with E-state index in [1.807, 2.05) is 0 Å². The van der Waals surface area contributed by atoms with E-state index in [1.54, 1.807) is 0 Å². The standard InChI is InChI=1S/C18H36N2/c1-14(2)9-15-12-20(8-7-19-15)16-10-17(3,4)13-18(5,6)11-16/h14-16,19H,7-13H2,1-6H3. The smallest absolute Gasteiger partial charge is 0.0198 e. The molecule has 118 valence electrons. The Kier molecular flexibility index (Phi) is 4.86. The highest BCUT2D eigenvalue weighted by Crippen LogP contribution is 2.47. The molecule has 1 aliphatic carbocycles. The summed E-state index contributed by atoms with van der Waals surface area (Å²) >= 11 is 0. The fraction of sp³-hybridized carbons (Fsp3) is 1.00. The second-order valence-corrected chi connectivity index (χ2v) is 9.34. The monoisotopic (exact) mass is 280 g/mol. The van der Waals surface area contributed by atoms with E-state index in [4.69, 9.17) is 0 Å². The zero-order chi connectivity index (χ0) is 15.0. The normalized spacial score (nSPS) is 31.6. The van der Waals surface area contributed by atoms with E-state index in [9.17, 15) is 0 Å². The molecule has 0 aromatic rings. The second kappa shape index (κ2) is 5.96. The summed E-state index contributed by atoms with van der Waals surface area (Å²) in [6, 6.07) is 1.50. The third kappa shape index (κ3) is 4.46. The van der Waals surface area contributed by atoms with Crippen LogP contribution in [0.5, 0.6) is 0 Å². The van der Waals surface area contributed by atoms with Crippen LogP contribution < -0.4 is 5.32 Å². The summed E-state index contributed by atoms with van der Waals surface area (Å²) in [5.41, 5.74) is 1.01. The molecule has 20 heavy (non-hydrogen) atoms. The Bertz CT molecular complexity index is 303. The third-order valence-electron chi connectivity index (χ3n) is 5.09. The SMILES string of the molecule is CC(C)CC1CN(C2CC(C)(C)CC(C)(C)C2)CCN1. The number of piperazine rings is 1. The van der Waals surface area contributed by atoms with Gasteiger partial charge in [-0.1, -0.05) is 41.5 Å². The van der Waals surface area contributed by atoms with Crippen molar-refractivity contribution in [2.75, 3.05) is 19.6 Å².